The average Bonchev–Trinajstić information content (AvgIpc) is 2.75. The Kier molecular flexibility index (Phi) is 3.84. The monoisotopic (exact) mass is 270 g/mol. The Morgan fingerprint density at radius 3 is 2.68 bits per heavy atom. The van der Waals surface area contributed by atoms with Gasteiger partial charge in [0, 0.05) is 20.1 Å². The van der Waals surface area contributed by atoms with Gasteiger partial charge in [-0.15, -0.1) is 5.10 Å². The highest BCUT2D eigenvalue weighted by molar-refractivity contribution is 5.25. The minimum Gasteiger partial charge on any atom is -0.307 e. The van der Waals surface area contributed by atoms with Gasteiger partial charge in [0.15, 0.2) is 0 Å². The molecule has 0 spiro atoms. The summed E-state index contributed by atoms with van der Waals surface area (Å²) in [6, 6.07) is 5.28. The van der Waals surface area contributed by atoms with E-state index in [0.29, 0.717) is 18.7 Å². The average molecular weight is 270 g/mol. The molecule has 0 aliphatic heterocycles. The minimum absolute atomic E-state index is 0.356. The van der Waals surface area contributed by atoms with Crippen molar-refractivity contribution in [2.24, 2.45) is 7.05 Å². The standard InChI is InChI=1S/C12H13F3N4/c1-19-11(8-17-18-19)7-16-6-9-3-2-4-10(5-9)12(13,14)15/h2-5,8,16H,6-7H2,1H3. The van der Waals surface area contributed by atoms with E-state index in [1.165, 1.54) is 6.07 Å². The van der Waals surface area contributed by atoms with Crippen molar-refractivity contribution in [2.45, 2.75) is 19.3 Å². The molecule has 0 fully saturated rings. The number of nitrogens with zero attached hydrogens (tertiary/aromatic N) is 3. The van der Waals surface area contributed by atoms with E-state index >= 15 is 0 Å². The predicted molar refractivity (Wildman–Crippen MR) is 63.0 cm³/mol. The van der Waals surface area contributed by atoms with Crippen LogP contribution in [0.3, 0.4) is 0 Å². The van der Waals surface area contributed by atoms with E-state index in [9.17, 15) is 13.2 Å². The van der Waals surface area contributed by atoms with Crippen LogP contribution in [0.15, 0.2) is 30.5 Å². The van der Waals surface area contributed by atoms with E-state index in [2.05, 4.69) is 15.6 Å². The van der Waals surface area contributed by atoms with Gasteiger partial charge < -0.3 is 5.32 Å². The van der Waals surface area contributed by atoms with Crippen molar-refractivity contribution in [3.05, 3.63) is 47.3 Å². The first-order valence-electron chi connectivity index (χ1n) is 5.67. The fraction of sp³-hybridized carbons (Fsp3) is 0.333. The van der Waals surface area contributed by atoms with Gasteiger partial charge >= 0.3 is 6.18 Å². The van der Waals surface area contributed by atoms with Crippen LogP contribution in [-0.4, -0.2) is 15.0 Å². The van der Waals surface area contributed by atoms with Gasteiger partial charge in [-0.1, -0.05) is 23.4 Å². The van der Waals surface area contributed by atoms with Crippen LogP contribution in [0.1, 0.15) is 16.8 Å². The number of aromatic nitrogens is 3. The van der Waals surface area contributed by atoms with Gasteiger partial charge in [-0.25, -0.2) is 0 Å². The molecule has 1 aromatic carbocycles. The zero-order valence-electron chi connectivity index (χ0n) is 10.3. The fourth-order valence-electron chi connectivity index (χ4n) is 1.66. The molecule has 1 heterocycles. The van der Waals surface area contributed by atoms with Gasteiger partial charge in [0.2, 0.25) is 0 Å². The first-order chi connectivity index (χ1) is 8.97. The first kappa shape index (κ1) is 13.5. The van der Waals surface area contributed by atoms with Crippen molar-refractivity contribution >= 4 is 0 Å². The van der Waals surface area contributed by atoms with Gasteiger partial charge in [-0.2, -0.15) is 13.2 Å². The Labute approximate surface area is 108 Å². The van der Waals surface area contributed by atoms with Crippen molar-refractivity contribution in [1.82, 2.24) is 20.3 Å². The molecular weight excluding hydrogens is 257 g/mol. The normalized spacial score (nSPS) is 11.8. The lowest BCUT2D eigenvalue weighted by molar-refractivity contribution is -0.137. The molecule has 0 saturated heterocycles. The quantitative estimate of drug-likeness (QED) is 0.925. The molecule has 0 aliphatic carbocycles. The number of nitrogens with one attached hydrogen (secondary N) is 1. The Morgan fingerprint density at radius 1 is 1.26 bits per heavy atom. The van der Waals surface area contributed by atoms with Crippen molar-refractivity contribution < 1.29 is 13.2 Å². The summed E-state index contributed by atoms with van der Waals surface area (Å²) in [4.78, 5) is 0. The highest BCUT2D eigenvalue weighted by Crippen LogP contribution is 2.29. The Balaban J connectivity index is 1.95. The number of hydrogen-bond donors (Lipinski definition) is 1. The summed E-state index contributed by atoms with van der Waals surface area (Å²) < 4.78 is 39.2. The molecule has 0 aliphatic rings. The lowest BCUT2D eigenvalue weighted by Gasteiger charge is -2.09. The summed E-state index contributed by atoms with van der Waals surface area (Å²) in [7, 11) is 1.76. The molecule has 19 heavy (non-hydrogen) atoms. The van der Waals surface area contributed by atoms with Gasteiger partial charge in [-0.3, -0.25) is 4.68 Å². The largest absolute Gasteiger partial charge is 0.416 e. The van der Waals surface area contributed by atoms with Crippen molar-refractivity contribution in [3.63, 3.8) is 0 Å². The van der Waals surface area contributed by atoms with Crippen LogP contribution in [-0.2, 0) is 26.3 Å². The second-order valence-corrected chi connectivity index (χ2v) is 4.15. The lowest BCUT2D eigenvalue weighted by atomic mass is 10.1. The fourth-order valence-corrected chi connectivity index (χ4v) is 1.66. The minimum atomic E-state index is -4.30. The molecule has 0 unspecified atom stereocenters. The maximum absolute atomic E-state index is 12.5. The Hall–Kier alpha value is -1.89. The summed E-state index contributed by atoms with van der Waals surface area (Å²) in [6.45, 7) is 0.856. The molecule has 0 atom stereocenters. The molecule has 102 valence electrons. The SMILES string of the molecule is Cn1nncc1CNCc1cccc(C(F)(F)F)c1. The topological polar surface area (TPSA) is 42.7 Å². The Morgan fingerprint density at radius 2 is 2.05 bits per heavy atom. The molecule has 1 N–H and O–H groups in total. The smallest absolute Gasteiger partial charge is 0.307 e. The van der Waals surface area contributed by atoms with Crippen LogP contribution in [0.2, 0.25) is 0 Å². The third-order valence-electron chi connectivity index (χ3n) is 2.70. The van der Waals surface area contributed by atoms with Crippen LogP contribution in [0, 0.1) is 0 Å². The van der Waals surface area contributed by atoms with E-state index in [-0.39, 0.29) is 0 Å². The van der Waals surface area contributed by atoms with Crippen LogP contribution in [0.5, 0.6) is 0 Å². The molecule has 0 amide bonds. The highest BCUT2D eigenvalue weighted by atomic mass is 19.4. The molecular formula is C12H13F3N4. The van der Waals surface area contributed by atoms with Gasteiger partial charge in [0.1, 0.15) is 0 Å². The van der Waals surface area contributed by atoms with Crippen LogP contribution < -0.4 is 5.32 Å². The van der Waals surface area contributed by atoms with E-state index in [0.717, 1.165) is 17.8 Å². The zero-order valence-corrected chi connectivity index (χ0v) is 10.3. The highest BCUT2D eigenvalue weighted by Gasteiger charge is 2.30. The molecule has 2 aromatic rings. The summed E-state index contributed by atoms with van der Waals surface area (Å²) in [5, 5.41) is 10.5. The number of aryl methyl sites for hydroxylation is 1. The van der Waals surface area contributed by atoms with Gasteiger partial charge in [0.25, 0.3) is 0 Å². The van der Waals surface area contributed by atoms with Crippen LogP contribution in [0.4, 0.5) is 13.2 Å². The molecule has 4 nitrogen and oxygen atoms in total. The van der Waals surface area contributed by atoms with Gasteiger partial charge in [0.05, 0.1) is 17.5 Å². The predicted octanol–water partition coefficient (Wildman–Crippen LogP) is 2.12. The molecule has 0 bridgehead atoms. The second-order valence-electron chi connectivity index (χ2n) is 4.15. The molecule has 0 radical (unpaired) electrons. The number of alkyl halides is 3. The summed E-state index contributed by atoms with van der Waals surface area (Å²) in [6.07, 6.45) is -2.69. The van der Waals surface area contributed by atoms with E-state index in [1.807, 2.05) is 0 Å². The molecule has 2 rings (SSSR count). The third kappa shape index (κ3) is 3.54. The molecule has 0 saturated carbocycles. The van der Waals surface area contributed by atoms with Crippen LogP contribution in [0.25, 0.3) is 0 Å². The lowest BCUT2D eigenvalue weighted by Crippen LogP contribution is -2.16. The summed E-state index contributed by atoms with van der Waals surface area (Å²) in [5.74, 6) is 0. The Bertz CT molecular complexity index is 548. The van der Waals surface area contributed by atoms with Gasteiger partial charge in [-0.05, 0) is 11.6 Å². The number of rotatable bonds is 4. The second kappa shape index (κ2) is 5.40. The molecule has 1 aromatic heterocycles. The van der Waals surface area contributed by atoms with E-state index in [4.69, 9.17) is 0 Å². The summed E-state index contributed by atoms with van der Waals surface area (Å²) in [5.41, 5.74) is 0.825. The van der Waals surface area contributed by atoms with Crippen molar-refractivity contribution in [3.8, 4) is 0 Å². The van der Waals surface area contributed by atoms with Crippen molar-refractivity contribution in [1.29, 1.82) is 0 Å². The van der Waals surface area contributed by atoms with E-state index < -0.39 is 11.7 Å². The van der Waals surface area contributed by atoms with Crippen molar-refractivity contribution in [2.75, 3.05) is 0 Å². The number of hydrogen-bond acceptors (Lipinski definition) is 3. The zero-order chi connectivity index (χ0) is 13.9. The number of halogens is 3. The third-order valence-corrected chi connectivity index (χ3v) is 2.70. The molecule has 7 heteroatoms. The van der Waals surface area contributed by atoms with Crippen LogP contribution >= 0.6 is 0 Å². The summed E-state index contributed by atoms with van der Waals surface area (Å²) >= 11 is 0. The maximum Gasteiger partial charge on any atom is 0.416 e. The first-order valence-corrected chi connectivity index (χ1v) is 5.67. The van der Waals surface area contributed by atoms with E-state index in [1.54, 1.807) is 24.0 Å². The number of benzene rings is 1. The maximum atomic E-state index is 12.5.